The molecule has 1 aromatic carbocycles. The summed E-state index contributed by atoms with van der Waals surface area (Å²) in [7, 11) is 0. The van der Waals surface area contributed by atoms with Crippen LogP contribution in [0.2, 0.25) is 0 Å². The first-order chi connectivity index (χ1) is 13.8. The van der Waals surface area contributed by atoms with Gasteiger partial charge in [-0.15, -0.1) is 0 Å². The van der Waals surface area contributed by atoms with Crippen molar-refractivity contribution in [2.24, 2.45) is 0 Å². The lowest BCUT2D eigenvalue weighted by molar-refractivity contribution is 0.0448. The van der Waals surface area contributed by atoms with E-state index in [-0.39, 0.29) is 23.6 Å². The number of hydrogen-bond donors (Lipinski definition) is 3. The highest BCUT2D eigenvalue weighted by Gasteiger charge is 2.35. The lowest BCUT2D eigenvalue weighted by Crippen LogP contribution is -2.49. The molecule has 2 rings (SSSR count). The zero-order chi connectivity index (χ0) is 22.7. The molecular weight excluding hydrogens is 508 g/mol. The van der Waals surface area contributed by atoms with Crippen LogP contribution in [0.25, 0.3) is 0 Å². The summed E-state index contributed by atoms with van der Waals surface area (Å²) < 4.78 is 22.2. The predicted octanol–water partition coefficient (Wildman–Crippen LogP) is 4.03. The number of halogens is 2. The Bertz CT molecular complexity index is 1010. The summed E-state index contributed by atoms with van der Waals surface area (Å²) in [5.74, 6) is -0.588. The number of nitrogens with one attached hydrogen (secondary N) is 2. The van der Waals surface area contributed by atoms with Gasteiger partial charge in [0.2, 0.25) is 5.82 Å². The Labute approximate surface area is 186 Å². The van der Waals surface area contributed by atoms with Crippen molar-refractivity contribution in [3.63, 3.8) is 0 Å². The van der Waals surface area contributed by atoms with E-state index in [0.717, 1.165) is 6.07 Å². The Morgan fingerprint density at radius 1 is 1.37 bits per heavy atom. The maximum atomic E-state index is 14.8. The summed E-state index contributed by atoms with van der Waals surface area (Å²) in [5.41, 5.74) is -2.07. The molecule has 0 spiro atoms. The van der Waals surface area contributed by atoms with Crippen molar-refractivity contribution in [3.8, 4) is 6.07 Å². The third kappa shape index (κ3) is 6.06. The van der Waals surface area contributed by atoms with E-state index in [1.165, 1.54) is 16.7 Å². The first-order valence-corrected chi connectivity index (χ1v) is 9.85. The van der Waals surface area contributed by atoms with Gasteiger partial charge in [-0.3, -0.25) is 5.32 Å². The summed E-state index contributed by atoms with van der Waals surface area (Å²) in [6.07, 6.45) is -0.523. The quantitative estimate of drug-likeness (QED) is 0.502. The van der Waals surface area contributed by atoms with Gasteiger partial charge in [-0.25, -0.2) is 19.0 Å². The molecule has 0 aliphatic rings. The van der Waals surface area contributed by atoms with E-state index in [2.05, 4.69) is 15.6 Å². The Morgan fingerprint density at radius 2 is 2.03 bits per heavy atom. The molecule has 0 saturated carbocycles. The van der Waals surface area contributed by atoms with Gasteiger partial charge in [0.25, 0.3) is 0 Å². The number of imidazole rings is 1. The number of benzene rings is 1. The second-order valence-corrected chi connectivity index (χ2v) is 8.82. The van der Waals surface area contributed by atoms with Gasteiger partial charge in [0.05, 0.1) is 12.1 Å². The Balaban J connectivity index is 2.54. The molecule has 0 bridgehead atoms. The third-order valence-electron chi connectivity index (χ3n) is 3.92. The first-order valence-electron chi connectivity index (χ1n) is 8.77. The van der Waals surface area contributed by atoms with Crippen molar-refractivity contribution in [3.05, 3.63) is 45.3 Å². The molecule has 0 saturated heterocycles. The van der Waals surface area contributed by atoms with Crippen LogP contribution in [0.15, 0.2) is 24.4 Å². The van der Waals surface area contributed by atoms with Crippen molar-refractivity contribution in [2.75, 3.05) is 5.32 Å². The molecule has 30 heavy (non-hydrogen) atoms. The van der Waals surface area contributed by atoms with Crippen LogP contribution in [0, 0.1) is 20.8 Å². The number of hydrogen-bond acceptors (Lipinski definition) is 5. The van der Waals surface area contributed by atoms with Gasteiger partial charge in [-0.05, 0) is 68.5 Å². The van der Waals surface area contributed by atoms with E-state index in [0.29, 0.717) is 3.70 Å². The Hall–Kier alpha value is -2.88. The highest BCUT2D eigenvalue weighted by molar-refractivity contribution is 14.1. The van der Waals surface area contributed by atoms with Gasteiger partial charge in [0.15, 0.2) is 0 Å². The zero-order valence-corrected chi connectivity index (χ0v) is 18.9. The topological polar surface area (TPSA) is 129 Å². The monoisotopic (exact) mass is 529 g/mol. The standard InChI is InChI=1S/C19H21FIN5O4/c1-18(2,3)30-17(29)25-19(4,10-26-9-14(21)24-15(26)8-22)12-7-11(23-16(27)28)5-6-13(12)20/h5-7,9,23H,10H2,1-4H3,(H,25,29)(H,27,28). The van der Waals surface area contributed by atoms with Crippen molar-refractivity contribution in [1.82, 2.24) is 14.9 Å². The fourth-order valence-corrected chi connectivity index (χ4v) is 3.37. The number of carbonyl (C=O) groups excluding carboxylic acids is 1. The number of nitrogens with zero attached hydrogens (tertiary/aromatic N) is 3. The number of anilines is 1. The molecule has 0 fully saturated rings. The van der Waals surface area contributed by atoms with Crippen LogP contribution in [0.3, 0.4) is 0 Å². The summed E-state index contributed by atoms with van der Waals surface area (Å²) in [6.45, 7) is 6.56. The number of carbonyl (C=O) groups is 2. The molecule has 0 aliphatic carbocycles. The molecule has 0 radical (unpaired) electrons. The maximum absolute atomic E-state index is 14.8. The molecule has 2 amide bonds. The van der Waals surface area contributed by atoms with Crippen LogP contribution >= 0.6 is 22.6 Å². The minimum atomic E-state index is -1.40. The zero-order valence-electron chi connectivity index (χ0n) is 16.8. The summed E-state index contributed by atoms with van der Waals surface area (Å²) >= 11 is 1.94. The molecular formula is C19H21FIN5O4. The van der Waals surface area contributed by atoms with Crippen LogP contribution in [0.4, 0.5) is 19.7 Å². The first kappa shape index (κ1) is 23.4. The van der Waals surface area contributed by atoms with E-state index in [4.69, 9.17) is 9.84 Å². The summed E-state index contributed by atoms with van der Waals surface area (Å²) in [6, 6.07) is 5.60. The number of aromatic nitrogens is 2. The molecule has 11 heteroatoms. The van der Waals surface area contributed by atoms with E-state index < -0.39 is 29.1 Å². The van der Waals surface area contributed by atoms with Crippen LogP contribution in [-0.4, -0.2) is 32.4 Å². The van der Waals surface area contributed by atoms with E-state index in [9.17, 15) is 19.2 Å². The predicted molar refractivity (Wildman–Crippen MR) is 114 cm³/mol. The lowest BCUT2D eigenvalue weighted by atomic mass is 9.90. The molecule has 1 atom stereocenters. The molecule has 3 N–H and O–H groups in total. The number of rotatable bonds is 5. The Morgan fingerprint density at radius 3 is 2.60 bits per heavy atom. The number of alkyl carbamates (subject to hydrolysis) is 1. The molecule has 9 nitrogen and oxygen atoms in total. The van der Waals surface area contributed by atoms with E-state index in [1.807, 2.05) is 28.7 Å². The summed E-state index contributed by atoms with van der Waals surface area (Å²) in [4.78, 5) is 27.6. The van der Waals surface area contributed by atoms with Gasteiger partial charge >= 0.3 is 12.2 Å². The fourth-order valence-electron chi connectivity index (χ4n) is 2.80. The smallest absolute Gasteiger partial charge is 0.409 e. The molecule has 160 valence electrons. The fraction of sp³-hybridized carbons (Fsp3) is 0.368. The van der Waals surface area contributed by atoms with Crippen LogP contribution in [0.5, 0.6) is 0 Å². The maximum Gasteiger partial charge on any atom is 0.409 e. The SMILES string of the molecule is CC(C)(C)OC(=O)NC(C)(Cn1cc(I)nc1C#N)c1cc(NC(=O)O)ccc1F. The average molecular weight is 529 g/mol. The number of amides is 2. The molecule has 1 aromatic heterocycles. The van der Waals surface area contributed by atoms with Crippen LogP contribution in [-0.2, 0) is 16.8 Å². The second-order valence-electron chi connectivity index (χ2n) is 7.71. The highest BCUT2D eigenvalue weighted by atomic mass is 127. The Kier molecular flexibility index (Phi) is 6.91. The average Bonchev–Trinajstić information content (AvgIpc) is 2.93. The second kappa shape index (κ2) is 8.86. The molecule has 1 heterocycles. The molecule has 1 unspecified atom stereocenters. The van der Waals surface area contributed by atoms with Gasteiger partial charge in [0, 0.05) is 17.4 Å². The molecule has 2 aromatic rings. The van der Waals surface area contributed by atoms with Crippen molar-refractivity contribution in [1.29, 1.82) is 5.26 Å². The lowest BCUT2D eigenvalue weighted by Gasteiger charge is -2.33. The van der Waals surface area contributed by atoms with Gasteiger partial charge in [-0.1, -0.05) is 0 Å². The summed E-state index contributed by atoms with van der Waals surface area (Å²) in [5, 5.41) is 23.1. The van der Waals surface area contributed by atoms with Gasteiger partial charge in [0.1, 0.15) is 21.2 Å². The minimum Gasteiger partial charge on any atom is -0.465 e. The number of carboxylic acid groups (broad SMARTS) is 1. The van der Waals surface area contributed by atoms with Gasteiger partial charge in [-0.2, -0.15) is 5.26 Å². The number of nitriles is 1. The normalized spacial score (nSPS) is 13.1. The van der Waals surface area contributed by atoms with Crippen molar-refractivity contribution in [2.45, 2.75) is 45.4 Å². The van der Waals surface area contributed by atoms with Crippen molar-refractivity contribution < 1.29 is 23.8 Å². The van der Waals surface area contributed by atoms with Crippen LogP contribution in [0.1, 0.15) is 39.1 Å². The van der Waals surface area contributed by atoms with E-state index >= 15 is 0 Å². The van der Waals surface area contributed by atoms with E-state index in [1.54, 1.807) is 33.9 Å². The largest absolute Gasteiger partial charge is 0.465 e. The highest BCUT2D eigenvalue weighted by Crippen LogP contribution is 2.30. The third-order valence-corrected chi connectivity index (χ3v) is 4.44. The van der Waals surface area contributed by atoms with Crippen LogP contribution < -0.4 is 10.6 Å². The minimum absolute atomic E-state index is 0.00667. The van der Waals surface area contributed by atoms with Crippen molar-refractivity contribution >= 4 is 40.5 Å². The number of ether oxygens (including phenoxy) is 1. The van der Waals surface area contributed by atoms with Gasteiger partial charge < -0.3 is 19.7 Å². The molecule has 0 aliphatic heterocycles.